The third kappa shape index (κ3) is 7.66. The minimum atomic E-state index is -4.20. The average molecular weight is 611 g/mol. The zero-order valence-corrected chi connectivity index (χ0v) is 25.1. The zero-order chi connectivity index (χ0) is 28.9. The lowest BCUT2D eigenvalue weighted by atomic mass is 10.1. The molecule has 0 bridgehead atoms. The molecule has 3 rings (SSSR count). The van der Waals surface area contributed by atoms with Crippen LogP contribution in [0.5, 0.6) is 0 Å². The van der Waals surface area contributed by atoms with Gasteiger partial charge in [0.1, 0.15) is 12.6 Å². The van der Waals surface area contributed by atoms with Gasteiger partial charge in [0.2, 0.25) is 11.8 Å². The van der Waals surface area contributed by atoms with Crippen molar-refractivity contribution >= 4 is 62.3 Å². The van der Waals surface area contributed by atoms with E-state index in [-0.39, 0.29) is 23.2 Å². The smallest absolute Gasteiger partial charge is 0.264 e. The van der Waals surface area contributed by atoms with E-state index in [9.17, 15) is 18.0 Å². The van der Waals surface area contributed by atoms with Crippen LogP contribution in [0.1, 0.15) is 31.9 Å². The van der Waals surface area contributed by atoms with E-state index in [0.717, 1.165) is 9.87 Å². The Labute approximate surface area is 244 Å². The van der Waals surface area contributed by atoms with Gasteiger partial charge in [0.05, 0.1) is 10.6 Å². The highest BCUT2D eigenvalue weighted by Crippen LogP contribution is 2.29. The van der Waals surface area contributed by atoms with Gasteiger partial charge in [-0.3, -0.25) is 13.9 Å². The van der Waals surface area contributed by atoms with Gasteiger partial charge < -0.3 is 10.2 Å². The molecule has 0 fully saturated rings. The number of aryl methyl sites for hydroxylation is 1. The lowest BCUT2D eigenvalue weighted by Gasteiger charge is -2.32. The molecule has 208 valence electrons. The first-order valence-corrected chi connectivity index (χ1v) is 14.8. The molecule has 0 radical (unpaired) electrons. The molecule has 1 atom stereocenters. The summed E-state index contributed by atoms with van der Waals surface area (Å²) in [4.78, 5) is 28.2. The quantitative estimate of drug-likeness (QED) is 0.301. The number of sulfonamides is 1. The van der Waals surface area contributed by atoms with Crippen LogP contribution < -0.4 is 9.62 Å². The number of carbonyl (C=O) groups is 2. The van der Waals surface area contributed by atoms with Gasteiger partial charge in [-0.05, 0) is 70.2 Å². The van der Waals surface area contributed by atoms with Gasteiger partial charge in [-0.15, -0.1) is 0 Å². The van der Waals surface area contributed by atoms with E-state index < -0.39 is 34.4 Å². The molecular formula is C28H30Cl3N3O4S. The summed E-state index contributed by atoms with van der Waals surface area (Å²) in [6.07, 6.45) is 0. The molecule has 0 heterocycles. The first-order valence-electron chi connectivity index (χ1n) is 12.2. The van der Waals surface area contributed by atoms with Crippen molar-refractivity contribution in [3.63, 3.8) is 0 Å². The molecule has 11 heteroatoms. The summed E-state index contributed by atoms with van der Waals surface area (Å²) in [5, 5.41) is 3.73. The molecule has 39 heavy (non-hydrogen) atoms. The van der Waals surface area contributed by atoms with Crippen LogP contribution in [0.4, 0.5) is 5.69 Å². The van der Waals surface area contributed by atoms with Crippen LogP contribution in [0.15, 0.2) is 71.6 Å². The molecule has 3 aromatic carbocycles. The Hall–Kier alpha value is -2.78. The number of hydrogen-bond donors (Lipinski definition) is 1. The number of rotatable bonds is 10. The topological polar surface area (TPSA) is 86.8 Å². The molecule has 7 nitrogen and oxygen atoms in total. The van der Waals surface area contributed by atoms with E-state index in [0.29, 0.717) is 20.6 Å². The summed E-state index contributed by atoms with van der Waals surface area (Å²) in [5.74, 6) is -1.04. The molecule has 0 aliphatic heterocycles. The Morgan fingerprint density at radius 2 is 1.49 bits per heavy atom. The number of hydrogen-bond acceptors (Lipinski definition) is 4. The third-order valence-corrected chi connectivity index (χ3v) is 8.70. The van der Waals surface area contributed by atoms with Crippen molar-refractivity contribution in [3.8, 4) is 0 Å². The van der Waals surface area contributed by atoms with Crippen LogP contribution in [0.25, 0.3) is 0 Å². The Kier molecular flexibility index (Phi) is 10.3. The maximum atomic E-state index is 13.9. The molecule has 0 aliphatic carbocycles. The predicted molar refractivity (Wildman–Crippen MR) is 157 cm³/mol. The van der Waals surface area contributed by atoms with Crippen LogP contribution in [-0.4, -0.2) is 43.8 Å². The fourth-order valence-corrected chi connectivity index (χ4v) is 5.95. The lowest BCUT2D eigenvalue weighted by molar-refractivity contribution is -0.139. The van der Waals surface area contributed by atoms with E-state index in [1.54, 1.807) is 69.3 Å². The Bertz CT molecular complexity index is 1430. The molecule has 0 unspecified atom stereocenters. The van der Waals surface area contributed by atoms with Crippen LogP contribution >= 0.6 is 34.8 Å². The second kappa shape index (κ2) is 13.0. The van der Waals surface area contributed by atoms with Gasteiger partial charge >= 0.3 is 0 Å². The first-order chi connectivity index (χ1) is 18.3. The van der Waals surface area contributed by atoms with Crippen LogP contribution in [0, 0.1) is 6.92 Å². The number of nitrogens with one attached hydrogen (secondary N) is 1. The lowest BCUT2D eigenvalue weighted by Crippen LogP contribution is -2.52. The van der Waals surface area contributed by atoms with Crippen molar-refractivity contribution in [1.29, 1.82) is 0 Å². The van der Waals surface area contributed by atoms with Gasteiger partial charge in [-0.2, -0.15) is 0 Å². The fourth-order valence-electron chi connectivity index (χ4n) is 3.84. The summed E-state index contributed by atoms with van der Waals surface area (Å²) in [6.45, 7) is 6.30. The SMILES string of the molecule is Cc1ccc(S(=O)(=O)N(CC(=O)N(Cc2c(Cl)cccc2Cl)[C@@H](C)C(=O)NC(C)C)c2cccc(Cl)c2)cc1. The summed E-state index contributed by atoms with van der Waals surface area (Å²) < 4.78 is 28.6. The zero-order valence-electron chi connectivity index (χ0n) is 22.0. The molecule has 0 aliphatic rings. The Morgan fingerprint density at radius 3 is 2.05 bits per heavy atom. The van der Waals surface area contributed by atoms with Crippen molar-refractivity contribution in [3.05, 3.63) is 92.9 Å². The second-order valence-electron chi connectivity index (χ2n) is 9.37. The molecular weight excluding hydrogens is 581 g/mol. The molecule has 0 saturated heterocycles. The number of nitrogens with zero attached hydrogens (tertiary/aromatic N) is 2. The van der Waals surface area contributed by atoms with Crippen molar-refractivity contribution in [2.75, 3.05) is 10.8 Å². The van der Waals surface area contributed by atoms with Gasteiger partial charge in [0.25, 0.3) is 10.0 Å². The predicted octanol–water partition coefficient (Wildman–Crippen LogP) is 6.09. The van der Waals surface area contributed by atoms with E-state index in [1.807, 2.05) is 6.92 Å². The summed E-state index contributed by atoms with van der Waals surface area (Å²) >= 11 is 19.0. The second-order valence-corrected chi connectivity index (χ2v) is 12.5. The molecule has 3 aromatic rings. The third-order valence-electron chi connectivity index (χ3n) is 5.97. The summed E-state index contributed by atoms with van der Waals surface area (Å²) in [5.41, 5.74) is 1.52. The minimum absolute atomic E-state index is 0.00664. The van der Waals surface area contributed by atoms with Gasteiger partial charge in [0.15, 0.2) is 0 Å². The highest BCUT2D eigenvalue weighted by molar-refractivity contribution is 7.92. The molecule has 0 spiro atoms. The summed E-state index contributed by atoms with van der Waals surface area (Å²) in [7, 11) is -4.20. The molecule has 0 saturated carbocycles. The highest BCUT2D eigenvalue weighted by Gasteiger charge is 2.33. The molecule has 1 N–H and O–H groups in total. The largest absolute Gasteiger partial charge is 0.352 e. The summed E-state index contributed by atoms with van der Waals surface area (Å²) in [6, 6.07) is 16.3. The molecule has 0 aromatic heterocycles. The Morgan fingerprint density at radius 1 is 0.897 bits per heavy atom. The number of amides is 2. The first kappa shape index (κ1) is 30.8. The minimum Gasteiger partial charge on any atom is -0.352 e. The van der Waals surface area contributed by atoms with E-state index >= 15 is 0 Å². The van der Waals surface area contributed by atoms with Crippen LogP contribution in [0.3, 0.4) is 0 Å². The van der Waals surface area contributed by atoms with Crippen molar-refractivity contribution < 1.29 is 18.0 Å². The molecule has 2 amide bonds. The average Bonchev–Trinajstić information content (AvgIpc) is 2.86. The van der Waals surface area contributed by atoms with Gasteiger partial charge in [0, 0.05) is 33.2 Å². The van der Waals surface area contributed by atoms with Crippen LogP contribution in [0.2, 0.25) is 15.1 Å². The maximum absolute atomic E-state index is 13.9. The van der Waals surface area contributed by atoms with Crippen LogP contribution in [-0.2, 0) is 26.2 Å². The Balaban J connectivity index is 2.07. The van der Waals surface area contributed by atoms with Crippen molar-refractivity contribution in [2.24, 2.45) is 0 Å². The van der Waals surface area contributed by atoms with Crippen molar-refractivity contribution in [1.82, 2.24) is 10.2 Å². The van der Waals surface area contributed by atoms with E-state index in [2.05, 4.69) is 5.32 Å². The standard InChI is InChI=1S/C28H30Cl3N3O4S/c1-18(2)32-28(36)20(4)33(16-24-25(30)9-6-10-26(24)31)27(35)17-34(22-8-5-7-21(29)15-22)39(37,38)23-13-11-19(3)12-14-23/h5-15,18,20H,16-17H2,1-4H3,(H,32,36)/t20-/m0/s1. The number of carbonyl (C=O) groups excluding carboxylic acids is 2. The fraction of sp³-hybridized carbons (Fsp3) is 0.286. The number of halogens is 3. The maximum Gasteiger partial charge on any atom is 0.264 e. The van der Waals surface area contributed by atoms with Gasteiger partial charge in [-0.25, -0.2) is 8.42 Å². The number of anilines is 1. The van der Waals surface area contributed by atoms with Gasteiger partial charge in [-0.1, -0.05) is 64.6 Å². The normalized spacial score (nSPS) is 12.2. The van der Waals surface area contributed by atoms with E-state index in [4.69, 9.17) is 34.8 Å². The monoisotopic (exact) mass is 609 g/mol. The highest BCUT2D eigenvalue weighted by atomic mass is 35.5. The van der Waals surface area contributed by atoms with Crippen molar-refractivity contribution in [2.45, 2.75) is 51.2 Å². The number of benzene rings is 3. The van der Waals surface area contributed by atoms with E-state index in [1.165, 1.54) is 23.1 Å².